The van der Waals surface area contributed by atoms with Gasteiger partial charge in [-0.25, -0.2) is 0 Å². The molecule has 2 unspecified atom stereocenters. The summed E-state index contributed by atoms with van der Waals surface area (Å²) in [6, 6.07) is 5.61. The maximum atomic E-state index is 12.4. The number of hydrogen-bond donors (Lipinski definition) is 1. The van der Waals surface area contributed by atoms with Crippen LogP contribution in [-0.2, 0) is 11.3 Å². The number of pyridine rings is 1. The highest BCUT2D eigenvalue weighted by molar-refractivity contribution is 5.87. The Labute approximate surface area is 165 Å². The molecule has 1 aromatic heterocycles. The molecule has 0 spiro atoms. The zero-order valence-electron chi connectivity index (χ0n) is 16.4. The number of aliphatic hydroxyl groups excluding tert-OH is 1. The second-order valence-electron chi connectivity index (χ2n) is 8.21. The number of nitrogens with zero attached hydrogens (tertiary/aromatic N) is 4. The molecule has 2 fully saturated rings. The van der Waals surface area contributed by atoms with Gasteiger partial charge in [0.05, 0.1) is 6.61 Å². The van der Waals surface area contributed by atoms with E-state index in [1.54, 1.807) is 12.1 Å². The second-order valence-corrected chi connectivity index (χ2v) is 8.21. The third kappa shape index (κ3) is 4.21. The number of aliphatic hydroxyl groups is 1. The lowest BCUT2D eigenvalue weighted by atomic mass is 9.83. The van der Waals surface area contributed by atoms with E-state index >= 15 is 0 Å². The van der Waals surface area contributed by atoms with Crippen molar-refractivity contribution < 1.29 is 9.90 Å². The van der Waals surface area contributed by atoms with Crippen LogP contribution in [-0.4, -0.2) is 89.2 Å². The topological polar surface area (TPSA) is 69.0 Å². The molecular weight excluding hydrogens is 356 g/mol. The Morgan fingerprint density at radius 2 is 1.93 bits per heavy atom. The average molecular weight is 386 g/mol. The number of hydrogen-bond acceptors (Lipinski definition) is 5. The number of amides is 1. The van der Waals surface area contributed by atoms with Gasteiger partial charge in [0.2, 0.25) is 5.91 Å². The number of piperidine rings is 1. The number of β-amino-alcohol motifs (C(OH)–C–C–N with tert-alkyl or cyclic N) is 1. The first-order chi connectivity index (χ1) is 13.6. The lowest BCUT2D eigenvalue weighted by Gasteiger charge is -2.42. The van der Waals surface area contributed by atoms with Crippen LogP contribution in [0, 0.1) is 5.92 Å². The highest BCUT2D eigenvalue weighted by Crippen LogP contribution is 2.34. The van der Waals surface area contributed by atoms with Gasteiger partial charge in [0.15, 0.2) is 0 Å². The fraction of sp³-hybridized carbons (Fsp3) is 0.619. The molecule has 1 aromatic rings. The van der Waals surface area contributed by atoms with E-state index in [1.807, 2.05) is 21.6 Å². The molecule has 7 nitrogen and oxygen atoms in total. The summed E-state index contributed by atoms with van der Waals surface area (Å²) in [5, 5.41) is 9.01. The molecule has 28 heavy (non-hydrogen) atoms. The van der Waals surface area contributed by atoms with Crippen LogP contribution >= 0.6 is 0 Å². The summed E-state index contributed by atoms with van der Waals surface area (Å²) in [5.74, 6) is 0.998. The van der Waals surface area contributed by atoms with Gasteiger partial charge in [-0.3, -0.25) is 19.4 Å². The van der Waals surface area contributed by atoms with Crippen molar-refractivity contribution in [1.29, 1.82) is 0 Å². The first-order valence-corrected chi connectivity index (χ1v) is 10.3. The summed E-state index contributed by atoms with van der Waals surface area (Å²) < 4.78 is 1.95. The van der Waals surface area contributed by atoms with Crippen LogP contribution in [0.15, 0.2) is 35.1 Å². The van der Waals surface area contributed by atoms with E-state index in [1.165, 1.54) is 0 Å². The van der Waals surface area contributed by atoms with Crippen LogP contribution in [0.5, 0.6) is 0 Å². The van der Waals surface area contributed by atoms with E-state index in [9.17, 15) is 9.59 Å². The van der Waals surface area contributed by atoms with Crippen molar-refractivity contribution in [2.75, 3.05) is 59.0 Å². The van der Waals surface area contributed by atoms with Crippen LogP contribution in [0.25, 0.3) is 0 Å². The lowest BCUT2D eigenvalue weighted by molar-refractivity contribution is -0.127. The first kappa shape index (κ1) is 19.4. The van der Waals surface area contributed by atoms with Crippen molar-refractivity contribution in [3.63, 3.8) is 0 Å². The molecule has 2 saturated heterocycles. The van der Waals surface area contributed by atoms with Crippen LogP contribution in [0.2, 0.25) is 0 Å². The molecule has 4 rings (SSSR count). The summed E-state index contributed by atoms with van der Waals surface area (Å²) in [6.07, 6.45) is 4.85. The number of carbonyl (C=O) groups excluding carboxylic acids is 1. The Kier molecular flexibility index (Phi) is 5.94. The minimum Gasteiger partial charge on any atom is -0.395 e. The first-order valence-electron chi connectivity index (χ1n) is 10.3. The lowest BCUT2D eigenvalue weighted by Crippen LogP contribution is -2.49. The fourth-order valence-electron chi connectivity index (χ4n) is 4.89. The fourth-order valence-corrected chi connectivity index (χ4v) is 4.89. The largest absolute Gasteiger partial charge is 0.395 e. The molecule has 3 aliphatic heterocycles. The second kappa shape index (κ2) is 8.59. The molecule has 3 aliphatic rings. The van der Waals surface area contributed by atoms with Gasteiger partial charge < -0.3 is 14.6 Å². The Hall–Kier alpha value is -1.96. The minimum atomic E-state index is 0.0812. The van der Waals surface area contributed by atoms with Crippen molar-refractivity contribution in [3.8, 4) is 0 Å². The zero-order valence-corrected chi connectivity index (χ0v) is 16.4. The number of likely N-dealkylation sites (tertiary alicyclic amines) is 1. The van der Waals surface area contributed by atoms with Gasteiger partial charge in [-0.05, 0) is 18.4 Å². The Bertz CT molecular complexity index is 782. The summed E-state index contributed by atoms with van der Waals surface area (Å²) >= 11 is 0. The molecule has 152 valence electrons. The zero-order chi connectivity index (χ0) is 19.5. The number of carbonyl (C=O) groups is 1. The quantitative estimate of drug-likeness (QED) is 0.720. The van der Waals surface area contributed by atoms with E-state index in [2.05, 4.69) is 15.9 Å². The van der Waals surface area contributed by atoms with E-state index in [0.29, 0.717) is 18.4 Å². The third-order valence-corrected chi connectivity index (χ3v) is 6.28. The van der Waals surface area contributed by atoms with Gasteiger partial charge in [-0.1, -0.05) is 12.1 Å². The molecule has 0 aliphatic carbocycles. The molecule has 1 amide bonds. The van der Waals surface area contributed by atoms with E-state index in [0.717, 1.165) is 64.5 Å². The SMILES string of the molecule is O=C(C=CCN1CC2CC(C1)c1cccc(=O)n1C2)N1CCN(CCO)CC1. The van der Waals surface area contributed by atoms with Gasteiger partial charge in [-0.2, -0.15) is 0 Å². The Morgan fingerprint density at radius 1 is 1.11 bits per heavy atom. The summed E-state index contributed by atoms with van der Waals surface area (Å²) in [4.78, 5) is 31.0. The monoisotopic (exact) mass is 386 g/mol. The average Bonchev–Trinajstić information content (AvgIpc) is 2.69. The highest BCUT2D eigenvalue weighted by atomic mass is 16.3. The molecular formula is C21H30N4O3. The van der Waals surface area contributed by atoms with Gasteiger partial charge in [0.25, 0.3) is 5.56 Å². The third-order valence-electron chi connectivity index (χ3n) is 6.28. The van der Waals surface area contributed by atoms with Gasteiger partial charge in [-0.15, -0.1) is 0 Å². The van der Waals surface area contributed by atoms with Crippen LogP contribution < -0.4 is 5.56 Å². The van der Waals surface area contributed by atoms with Crippen molar-refractivity contribution >= 4 is 5.91 Å². The molecule has 0 aromatic carbocycles. The Morgan fingerprint density at radius 3 is 2.71 bits per heavy atom. The van der Waals surface area contributed by atoms with E-state index < -0.39 is 0 Å². The van der Waals surface area contributed by atoms with Gasteiger partial charge >= 0.3 is 0 Å². The summed E-state index contributed by atoms with van der Waals surface area (Å²) in [5.41, 5.74) is 1.28. The van der Waals surface area contributed by atoms with Crippen molar-refractivity contribution in [2.24, 2.45) is 5.92 Å². The number of fused-ring (bicyclic) bond motifs is 4. The van der Waals surface area contributed by atoms with Crippen LogP contribution in [0.1, 0.15) is 18.0 Å². The molecule has 0 radical (unpaired) electrons. The molecule has 1 N–H and O–H groups in total. The predicted octanol–water partition coefficient (Wildman–Crippen LogP) is -0.0399. The molecule has 2 atom stereocenters. The molecule has 4 heterocycles. The van der Waals surface area contributed by atoms with Crippen LogP contribution in [0.4, 0.5) is 0 Å². The minimum absolute atomic E-state index is 0.0812. The standard InChI is InChI=1S/C21H30N4O3/c26-12-11-22-7-9-24(10-8-22)20(27)5-2-6-23-14-17-13-18(16-23)19-3-1-4-21(28)25(19)15-17/h1-5,17-18,26H,6-16H2. The Balaban J connectivity index is 1.29. The highest BCUT2D eigenvalue weighted by Gasteiger charge is 2.33. The normalized spacial score (nSPS) is 25.8. The smallest absolute Gasteiger partial charge is 0.250 e. The van der Waals surface area contributed by atoms with Gasteiger partial charge in [0, 0.05) is 82.7 Å². The maximum Gasteiger partial charge on any atom is 0.250 e. The predicted molar refractivity (Wildman–Crippen MR) is 107 cm³/mol. The van der Waals surface area contributed by atoms with Crippen LogP contribution in [0.3, 0.4) is 0 Å². The van der Waals surface area contributed by atoms with E-state index in [4.69, 9.17) is 5.11 Å². The van der Waals surface area contributed by atoms with Gasteiger partial charge in [0.1, 0.15) is 0 Å². The van der Waals surface area contributed by atoms with Crippen molar-refractivity contribution in [1.82, 2.24) is 19.3 Å². The molecule has 2 bridgehead atoms. The molecule has 7 heteroatoms. The molecule has 0 saturated carbocycles. The maximum absolute atomic E-state index is 12.4. The van der Waals surface area contributed by atoms with Crippen molar-refractivity contribution in [2.45, 2.75) is 18.9 Å². The number of aromatic nitrogens is 1. The van der Waals surface area contributed by atoms with E-state index in [-0.39, 0.29) is 18.1 Å². The summed E-state index contributed by atoms with van der Waals surface area (Å²) in [6.45, 7) is 7.47. The number of piperazine rings is 1. The number of rotatable bonds is 5. The van der Waals surface area contributed by atoms with Crippen molar-refractivity contribution in [3.05, 3.63) is 46.4 Å². The summed E-state index contributed by atoms with van der Waals surface area (Å²) in [7, 11) is 0.